The molecule has 0 radical (unpaired) electrons. The standard InChI is InChI=1S/C14H15NO/c1-9(2)15-13-8-10(3)14(16)12-7-5-4-6-11(12)13/h4-9H,1-3H3/b15-13+. The highest BCUT2D eigenvalue weighted by Crippen LogP contribution is 2.21. The van der Waals surface area contributed by atoms with Crippen LogP contribution in [0.5, 0.6) is 0 Å². The topological polar surface area (TPSA) is 29.4 Å². The molecule has 0 atom stereocenters. The molecule has 0 bridgehead atoms. The highest BCUT2D eigenvalue weighted by Gasteiger charge is 2.20. The van der Waals surface area contributed by atoms with E-state index in [-0.39, 0.29) is 11.8 Å². The summed E-state index contributed by atoms with van der Waals surface area (Å²) in [7, 11) is 0. The number of hydrogen-bond acceptors (Lipinski definition) is 2. The van der Waals surface area contributed by atoms with E-state index < -0.39 is 0 Å². The Balaban J connectivity index is 2.61. The Kier molecular flexibility index (Phi) is 2.73. The molecule has 2 rings (SSSR count). The molecule has 1 aromatic carbocycles. The van der Waals surface area contributed by atoms with Gasteiger partial charge in [-0.3, -0.25) is 9.79 Å². The highest BCUT2D eigenvalue weighted by atomic mass is 16.1. The van der Waals surface area contributed by atoms with Crippen LogP contribution in [0, 0.1) is 0 Å². The summed E-state index contributed by atoms with van der Waals surface area (Å²) in [5.74, 6) is 0.110. The molecule has 2 nitrogen and oxygen atoms in total. The number of nitrogens with zero attached hydrogens (tertiary/aromatic N) is 1. The quantitative estimate of drug-likeness (QED) is 0.705. The van der Waals surface area contributed by atoms with E-state index in [9.17, 15) is 4.79 Å². The van der Waals surface area contributed by atoms with Crippen LogP contribution in [0.3, 0.4) is 0 Å². The number of aliphatic imine (C=N–C) groups is 1. The Morgan fingerprint density at radius 2 is 1.75 bits per heavy atom. The zero-order chi connectivity index (χ0) is 11.7. The Morgan fingerprint density at radius 3 is 2.38 bits per heavy atom. The minimum Gasteiger partial charge on any atom is -0.289 e. The summed E-state index contributed by atoms with van der Waals surface area (Å²) in [5.41, 5.74) is 3.40. The smallest absolute Gasteiger partial charge is 0.189 e. The molecule has 1 aliphatic rings. The summed E-state index contributed by atoms with van der Waals surface area (Å²) < 4.78 is 0. The summed E-state index contributed by atoms with van der Waals surface area (Å²) in [6.07, 6.45) is 1.88. The number of hydrogen-bond donors (Lipinski definition) is 0. The summed E-state index contributed by atoms with van der Waals surface area (Å²) >= 11 is 0. The van der Waals surface area contributed by atoms with E-state index >= 15 is 0 Å². The van der Waals surface area contributed by atoms with Gasteiger partial charge in [-0.25, -0.2) is 0 Å². The monoisotopic (exact) mass is 213 g/mol. The third kappa shape index (κ3) is 1.83. The van der Waals surface area contributed by atoms with Crippen molar-refractivity contribution in [3.05, 3.63) is 47.0 Å². The van der Waals surface area contributed by atoms with Crippen LogP contribution >= 0.6 is 0 Å². The van der Waals surface area contributed by atoms with E-state index in [1.807, 2.05) is 51.1 Å². The predicted octanol–water partition coefficient (Wildman–Crippen LogP) is 3.03. The third-order valence-electron chi connectivity index (χ3n) is 2.56. The molecule has 0 heterocycles. The van der Waals surface area contributed by atoms with Crippen LogP contribution in [0.2, 0.25) is 0 Å². The van der Waals surface area contributed by atoms with Crippen molar-refractivity contribution in [2.45, 2.75) is 26.8 Å². The lowest BCUT2D eigenvalue weighted by Gasteiger charge is -2.16. The van der Waals surface area contributed by atoms with Gasteiger partial charge in [0.25, 0.3) is 0 Å². The van der Waals surface area contributed by atoms with Crippen molar-refractivity contribution < 1.29 is 4.79 Å². The van der Waals surface area contributed by atoms with Gasteiger partial charge < -0.3 is 0 Å². The van der Waals surface area contributed by atoms with Crippen molar-refractivity contribution in [1.29, 1.82) is 0 Å². The van der Waals surface area contributed by atoms with Crippen LogP contribution in [0.1, 0.15) is 36.7 Å². The van der Waals surface area contributed by atoms with Crippen LogP contribution in [-0.2, 0) is 0 Å². The van der Waals surface area contributed by atoms with E-state index in [2.05, 4.69) is 4.99 Å². The van der Waals surface area contributed by atoms with Gasteiger partial charge in [0.2, 0.25) is 0 Å². The van der Waals surface area contributed by atoms with Gasteiger partial charge in [0.1, 0.15) is 0 Å². The molecule has 0 aliphatic heterocycles. The molecular formula is C14H15NO. The molecule has 0 aromatic heterocycles. The molecule has 2 heteroatoms. The van der Waals surface area contributed by atoms with Gasteiger partial charge in [-0.2, -0.15) is 0 Å². The number of carbonyl (C=O) groups excluding carboxylic acids is 1. The molecule has 1 aliphatic carbocycles. The maximum Gasteiger partial charge on any atom is 0.189 e. The minimum absolute atomic E-state index is 0.110. The van der Waals surface area contributed by atoms with Crippen LogP contribution in [-0.4, -0.2) is 17.5 Å². The van der Waals surface area contributed by atoms with Gasteiger partial charge >= 0.3 is 0 Å². The number of carbonyl (C=O) groups is 1. The fourth-order valence-electron chi connectivity index (χ4n) is 1.85. The number of ketones is 1. The molecule has 0 spiro atoms. The van der Waals surface area contributed by atoms with Crippen LogP contribution in [0.25, 0.3) is 0 Å². The first-order chi connectivity index (χ1) is 7.59. The van der Waals surface area contributed by atoms with Crippen molar-refractivity contribution in [1.82, 2.24) is 0 Å². The number of allylic oxidation sites excluding steroid dienone is 2. The third-order valence-corrected chi connectivity index (χ3v) is 2.56. The Morgan fingerprint density at radius 1 is 1.12 bits per heavy atom. The fraction of sp³-hybridized carbons (Fsp3) is 0.286. The average Bonchev–Trinajstić information content (AvgIpc) is 2.25. The van der Waals surface area contributed by atoms with E-state index in [1.54, 1.807) is 0 Å². The molecule has 0 saturated heterocycles. The molecular weight excluding hydrogens is 198 g/mol. The Labute approximate surface area is 95.7 Å². The molecule has 0 N–H and O–H groups in total. The van der Waals surface area contributed by atoms with Gasteiger partial charge in [0.15, 0.2) is 5.78 Å². The molecule has 82 valence electrons. The van der Waals surface area contributed by atoms with E-state index in [1.165, 1.54) is 0 Å². The molecule has 16 heavy (non-hydrogen) atoms. The van der Waals surface area contributed by atoms with Crippen molar-refractivity contribution >= 4 is 11.5 Å². The second kappa shape index (κ2) is 4.05. The molecule has 0 amide bonds. The maximum absolute atomic E-state index is 11.9. The Hall–Kier alpha value is -1.70. The van der Waals surface area contributed by atoms with Gasteiger partial charge in [-0.05, 0) is 32.4 Å². The van der Waals surface area contributed by atoms with E-state index in [0.717, 1.165) is 22.4 Å². The van der Waals surface area contributed by atoms with Crippen LogP contribution in [0.4, 0.5) is 0 Å². The normalized spacial score (nSPS) is 17.6. The van der Waals surface area contributed by atoms with Crippen molar-refractivity contribution in [2.24, 2.45) is 4.99 Å². The zero-order valence-electron chi connectivity index (χ0n) is 9.82. The largest absolute Gasteiger partial charge is 0.289 e. The van der Waals surface area contributed by atoms with E-state index in [4.69, 9.17) is 0 Å². The highest BCUT2D eigenvalue weighted by molar-refractivity contribution is 6.25. The first-order valence-corrected chi connectivity index (χ1v) is 5.50. The number of fused-ring (bicyclic) bond motifs is 1. The summed E-state index contributed by atoms with van der Waals surface area (Å²) in [6, 6.07) is 7.89. The predicted molar refractivity (Wildman–Crippen MR) is 66.2 cm³/mol. The second-order valence-electron chi connectivity index (χ2n) is 4.31. The first-order valence-electron chi connectivity index (χ1n) is 5.50. The van der Waals surface area contributed by atoms with Gasteiger partial charge in [-0.1, -0.05) is 24.3 Å². The molecule has 0 fully saturated rings. The van der Waals surface area contributed by atoms with Crippen molar-refractivity contribution in [3.63, 3.8) is 0 Å². The zero-order valence-corrected chi connectivity index (χ0v) is 9.82. The molecule has 1 aromatic rings. The van der Waals surface area contributed by atoms with Gasteiger partial charge in [0.05, 0.1) is 5.71 Å². The van der Waals surface area contributed by atoms with Crippen molar-refractivity contribution in [3.8, 4) is 0 Å². The van der Waals surface area contributed by atoms with Crippen LogP contribution in [0.15, 0.2) is 40.9 Å². The number of rotatable bonds is 1. The number of Topliss-reactive ketones (excluding diaryl/α,β-unsaturated/α-hetero) is 1. The first kappa shape index (κ1) is 10.8. The lowest BCUT2D eigenvalue weighted by molar-refractivity contribution is 0.103. The van der Waals surface area contributed by atoms with Crippen LogP contribution < -0.4 is 0 Å². The fourth-order valence-corrected chi connectivity index (χ4v) is 1.85. The second-order valence-corrected chi connectivity index (χ2v) is 4.31. The maximum atomic E-state index is 11.9. The lowest BCUT2D eigenvalue weighted by Crippen LogP contribution is -2.17. The summed E-state index contributed by atoms with van der Waals surface area (Å²) in [4.78, 5) is 16.5. The number of benzene rings is 1. The SMILES string of the molecule is CC1=C/C(=N\C(C)C)c2ccccc2C1=O. The minimum atomic E-state index is 0.110. The summed E-state index contributed by atoms with van der Waals surface area (Å²) in [5, 5.41) is 0. The van der Waals surface area contributed by atoms with E-state index in [0.29, 0.717) is 0 Å². The molecule has 0 saturated carbocycles. The lowest BCUT2D eigenvalue weighted by atomic mass is 9.90. The van der Waals surface area contributed by atoms with Crippen molar-refractivity contribution in [2.75, 3.05) is 0 Å². The van der Waals surface area contributed by atoms with Gasteiger partial charge in [-0.15, -0.1) is 0 Å². The summed E-state index contributed by atoms with van der Waals surface area (Å²) in [6.45, 7) is 5.92. The molecule has 0 unspecified atom stereocenters. The average molecular weight is 213 g/mol. The van der Waals surface area contributed by atoms with Gasteiger partial charge in [0, 0.05) is 17.2 Å². The Bertz CT molecular complexity index is 495.